The Hall–Kier alpha value is -1.88. The SMILES string of the molecule is O=C1CN(c2nccs2)Cc2ccccc2N1. The van der Waals surface area contributed by atoms with Gasteiger partial charge in [0.25, 0.3) is 0 Å². The van der Waals surface area contributed by atoms with E-state index in [-0.39, 0.29) is 5.91 Å². The molecule has 2 aromatic rings. The fourth-order valence-electron chi connectivity index (χ4n) is 1.91. The lowest BCUT2D eigenvalue weighted by Gasteiger charge is -2.17. The third-order valence-corrected chi connectivity index (χ3v) is 3.51. The zero-order valence-corrected chi connectivity index (χ0v) is 9.91. The molecule has 5 heteroatoms. The standard InChI is InChI=1S/C12H11N3OS/c16-11-8-15(12-13-5-6-17-12)7-9-3-1-2-4-10(9)14-11/h1-6H,7-8H2,(H,14,16). The van der Waals surface area contributed by atoms with Gasteiger partial charge in [-0.25, -0.2) is 4.98 Å². The van der Waals surface area contributed by atoms with E-state index in [0.29, 0.717) is 13.1 Å². The van der Waals surface area contributed by atoms with Gasteiger partial charge in [0, 0.05) is 23.8 Å². The molecule has 1 amide bonds. The maximum atomic E-state index is 11.8. The first-order valence-electron chi connectivity index (χ1n) is 5.35. The highest BCUT2D eigenvalue weighted by molar-refractivity contribution is 7.13. The van der Waals surface area contributed by atoms with Crippen LogP contribution in [0.2, 0.25) is 0 Å². The highest BCUT2D eigenvalue weighted by Crippen LogP contribution is 2.25. The fraction of sp³-hybridized carbons (Fsp3) is 0.167. The predicted molar refractivity (Wildman–Crippen MR) is 68.2 cm³/mol. The molecule has 86 valence electrons. The van der Waals surface area contributed by atoms with E-state index in [1.54, 1.807) is 17.5 Å². The van der Waals surface area contributed by atoms with Crippen LogP contribution in [-0.2, 0) is 11.3 Å². The van der Waals surface area contributed by atoms with Gasteiger partial charge in [-0.05, 0) is 11.6 Å². The third-order valence-electron chi connectivity index (χ3n) is 2.68. The number of benzene rings is 1. The molecular weight excluding hydrogens is 234 g/mol. The van der Waals surface area contributed by atoms with E-state index in [9.17, 15) is 4.79 Å². The van der Waals surface area contributed by atoms with Gasteiger partial charge in [0.15, 0.2) is 5.13 Å². The minimum atomic E-state index is 0.00477. The van der Waals surface area contributed by atoms with Crippen molar-refractivity contribution in [1.82, 2.24) is 4.98 Å². The Morgan fingerprint density at radius 1 is 1.29 bits per heavy atom. The average molecular weight is 245 g/mol. The molecule has 0 atom stereocenters. The summed E-state index contributed by atoms with van der Waals surface area (Å²) in [7, 11) is 0. The summed E-state index contributed by atoms with van der Waals surface area (Å²) in [6, 6.07) is 7.87. The molecule has 3 rings (SSSR count). The number of hydrogen-bond donors (Lipinski definition) is 1. The van der Waals surface area contributed by atoms with Crippen LogP contribution in [0, 0.1) is 0 Å². The van der Waals surface area contributed by atoms with Crippen molar-refractivity contribution in [3.63, 3.8) is 0 Å². The molecule has 1 aliphatic heterocycles. The van der Waals surface area contributed by atoms with Crippen molar-refractivity contribution >= 4 is 28.1 Å². The first-order valence-corrected chi connectivity index (χ1v) is 6.23. The summed E-state index contributed by atoms with van der Waals surface area (Å²) < 4.78 is 0. The fourth-order valence-corrected chi connectivity index (χ4v) is 2.56. The largest absolute Gasteiger partial charge is 0.334 e. The Bertz CT molecular complexity index is 538. The van der Waals surface area contributed by atoms with E-state index in [4.69, 9.17) is 0 Å². The van der Waals surface area contributed by atoms with Gasteiger partial charge < -0.3 is 10.2 Å². The van der Waals surface area contributed by atoms with Gasteiger partial charge in [0.1, 0.15) is 0 Å². The van der Waals surface area contributed by atoms with Crippen molar-refractivity contribution in [2.24, 2.45) is 0 Å². The van der Waals surface area contributed by atoms with Crippen LogP contribution < -0.4 is 10.2 Å². The molecule has 0 saturated heterocycles. The first-order chi connectivity index (χ1) is 8.33. The van der Waals surface area contributed by atoms with Crippen LogP contribution in [0.1, 0.15) is 5.56 Å². The monoisotopic (exact) mass is 245 g/mol. The van der Waals surface area contributed by atoms with Crippen LogP contribution in [0.25, 0.3) is 0 Å². The van der Waals surface area contributed by atoms with Crippen molar-refractivity contribution in [2.45, 2.75) is 6.54 Å². The molecule has 4 nitrogen and oxygen atoms in total. The summed E-state index contributed by atoms with van der Waals surface area (Å²) >= 11 is 1.55. The predicted octanol–water partition coefficient (Wildman–Crippen LogP) is 2.10. The van der Waals surface area contributed by atoms with Crippen LogP contribution in [0.3, 0.4) is 0 Å². The molecule has 1 aliphatic rings. The lowest BCUT2D eigenvalue weighted by Crippen LogP contribution is -2.29. The number of aromatic nitrogens is 1. The number of fused-ring (bicyclic) bond motifs is 1. The number of carbonyl (C=O) groups is 1. The summed E-state index contributed by atoms with van der Waals surface area (Å²) in [5.41, 5.74) is 2.02. The normalized spacial score (nSPS) is 15.1. The lowest BCUT2D eigenvalue weighted by molar-refractivity contribution is -0.114. The van der Waals surface area contributed by atoms with Crippen molar-refractivity contribution in [2.75, 3.05) is 16.8 Å². The summed E-state index contributed by atoms with van der Waals surface area (Å²) in [6.07, 6.45) is 1.76. The molecule has 0 aliphatic carbocycles. The zero-order chi connectivity index (χ0) is 11.7. The van der Waals surface area contributed by atoms with E-state index in [2.05, 4.69) is 10.3 Å². The van der Waals surface area contributed by atoms with E-state index in [1.165, 1.54) is 0 Å². The molecule has 1 N–H and O–H groups in total. The molecule has 0 bridgehead atoms. The first kappa shape index (κ1) is 10.3. The second-order valence-electron chi connectivity index (χ2n) is 3.88. The third kappa shape index (κ3) is 2.01. The van der Waals surface area contributed by atoms with Crippen molar-refractivity contribution < 1.29 is 4.79 Å². The molecule has 2 heterocycles. The summed E-state index contributed by atoms with van der Waals surface area (Å²) in [6.45, 7) is 1.06. The Kier molecular flexibility index (Phi) is 2.53. The summed E-state index contributed by atoms with van der Waals surface area (Å²) in [5, 5.41) is 5.72. The zero-order valence-electron chi connectivity index (χ0n) is 9.09. The number of anilines is 2. The molecule has 0 fully saturated rings. The number of para-hydroxylation sites is 1. The van der Waals surface area contributed by atoms with Gasteiger partial charge >= 0.3 is 0 Å². The molecular formula is C12H11N3OS. The minimum Gasteiger partial charge on any atom is -0.334 e. The molecule has 0 unspecified atom stereocenters. The summed E-state index contributed by atoms with van der Waals surface area (Å²) in [4.78, 5) is 18.0. The van der Waals surface area contributed by atoms with E-state index in [0.717, 1.165) is 16.4 Å². The van der Waals surface area contributed by atoms with E-state index >= 15 is 0 Å². The minimum absolute atomic E-state index is 0.00477. The van der Waals surface area contributed by atoms with Crippen LogP contribution in [0.4, 0.5) is 10.8 Å². The second-order valence-corrected chi connectivity index (χ2v) is 4.75. The smallest absolute Gasteiger partial charge is 0.244 e. The number of thiazole rings is 1. The molecule has 0 radical (unpaired) electrons. The number of amides is 1. The van der Waals surface area contributed by atoms with Crippen LogP contribution in [0.5, 0.6) is 0 Å². The van der Waals surface area contributed by atoms with E-state index < -0.39 is 0 Å². The topological polar surface area (TPSA) is 45.2 Å². The Morgan fingerprint density at radius 2 is 2.18 bits per heavy atom. The lowest BCUT2D eigenvalue weighted by atomic mass is 10.2. The van der Waals surface area contributed by atoms with Crippen LogP contribution in [0.15, 0.2) is 35.8 Å². The Labute approximate surface area is 103 Å². The van der Waals surface area contributed by atoms with Crippen molar-refractivity contribution in [3.8, 4) is 0 Å². The molecule has 0 saturated carbocycles. The van der Waals surface area contributed by atoms with E-state index in [1.807, 2.05) is 34.5 Å². The van der Waals surface area contributed by atoms with Crippen molar-refractivity contribution in [1.29, 1.82) is 0 Å². The van der Waals surface area contributed by atoms with Gasteiger partial charge in [-0.15, -0.1) is 11.3 Å². The second kappa shape index (κ2) is 4.18. The van der Waals surface area contributed by atoms with Gasteiger partial charge in [-0.2, -0.15) is 0 Å². The van der Waals surface area contributed by atoms with Gasteiger partial charge in [0.05, 0.1) is 6.54 Å². The maximum absolute atomic E-state index is 11.8. The number of nitrogens with zero attached hydrogens (tertiary/aromatic N) is 2. The Morgan fingerprint density at radius 3 is 3.00 bits per heavy atom. The quantitative estimate of drug-likeness (QED) is 0.837. The maximum Gasteiger partial charge on any atom is 0.244 e. The number of rotatable bonds is 1. The van der Waals surface area contributed by atoms with Crippen molar-refractivity contribution in [3.05, 3.63) is 41.4 Å². The highest BCUT2D eigenvalue weighted by Gasteiger charge is 2.20. The van der Waals surface area contributed by atoms with Gasteiger partial charge in [-0.3, -0.25) is 4.79 Å². The van der Waals surface area contributed by atoms with Gasteiger partial charge in [-0.1, -0.05) is 18.2 Å². The average Bonchev–Trinajstić information content (AvgIpc) is 2.79. The molecule has 17 heavy (non-hydrogen) atoms. The highest BCUT2D eigenvalue weighted by atomic mass is 32.1. The molecule has 1 aromatic heterocycles. The van der Waals surface area contributed by atoms with Gasteiger partial charge in [0.2, 0.25) is 5.91 Å². The number of nitrogens with one attached hydrogen (secondary N) is 1. The molecule has 0 spiro atoms. The summed E-state index contributed by atoms with van der Waals surface area (Å²) in [5.74, 6) is 0.00477. The molecule has 1 aromatic carbocycles. The number of hydrogen-bond acceptors (Lipinski definition) is 4. The van der Waals surface area contributed by atoms with Crippen LogP contribution >= 0.6 is 11.3 Å². The Balaban J connectivity index is 1.98. The van der Waals surface area contributed by atoms with Crippen LogP contribution in [-0.4, -0.2) is 17.4 Å². The number of carbonyl (C=O) groups excluding carboxylic acids is 1.